The van der Waals surface area contributed by atoms with Gasteiger partial charge in [-0.2, -0.15) is 0 Å². The first-order valence-electron chi connectivity index (χ1n) is 7.93. The van der Waals surface area contributed by atoms with Crippen LogP contribution in [0.4, 0.5) is 0 Å². The SMILES string of the molecule is C=C(C/C(=C(\C)C=O)C1CCCC1)c1ccc(C)c(C)c1. The predicted molar refractivity (Wildman–Crippen MR) is 90.3 cm³/mol. The van der Waals surface area contributed by atoms with Crippen molar-refractivity contribution >= 4 is 11.9 Å². The van der Waals surface area contributed by atoms with Crippen molar-refractivity contribution in [2.45, 2.75) is 52.9 Å². The number of hydrogen-bond donors (Lipinski definition) is 0. The molecule has 112 valence electrons. The Morgan fingerprint density at radius 2 is 1.90 bits per heavy atom. The van der Waals surface area contributed by atoms with E-state index in [-0.39, 0.29) is 0 Å². The first-order valence-corrected chi connectivity index (χ1v) is 7.93. The second-order valence-electron chi connectivity index (χ2n) is 6.39. The molecule has 1 aliphatic rings. The van der Waals surface area contributed by atoms with Gasteiger partial charge in [0.2, 0.25) is 0 Å². The smallest absolute Gasteiger partial charge is 0.145 e. The lowest BCUT2D eigenvalue weighted by Crippen LogP contribution is -2.04. The fourth-order valence-corrected chi connectivity index (χ4v) is 3.25. The molecule has 0 amide bonds. The van der Waals surface area contributed by atoms with Gasteiger partial charge >= 0.3 is 0 Å². The summed E-state index contributed by atoms with van der Waals surface area (Å²) in [5.74, 6) is 0.582. The number of carbonyl (C=O) groups excluding carboxylic acids is 1. The van der Waals surface area contributed by atoms with Crippen LogP contribution in [0.2, 0.25) is 0 Å². The molecule has 0 spiro atoms. The lowest BCUT2D eigenvalue weighted by atomic mass is 9.86. The van der Waals surface area contributed by atoms with Gasteiger partial charge in [-0.15, -0.1) is 0 Å². The van der Waals surface area contributed by atoms with Crippen LogP contribution in [-0.2, 0) is 4.79 Å². The Labute approximate surface area is 128 Å². The second-order valence-corrected chi connectivity index (χ2v) is 6.39. The second kappa shape index (κ2) is 6.89. The topological polar surface area (TPSA) is 17.1 Å². The number of hydrogen-bond acceptors (Lipinski definition) is 1. The monoisotopic (exact) mass is 282 g/mol. The maximum atomic E-state index is 11.2. The van der Waals surface area contributed by atoms with Crippen LogP contribution in [0.15, 0.2) is 35.9 Å². The minimum absolute atomic E-state index is 0.582. The van der Waals surface area contributed by atoms with E-state index in [9.17, 15) is 4.79 Å². The van der Waals surface area contributed by atoms with Crippen LogP contribution in [0.3, 0.4) is 0 Å². The predicted octanol–water partition coefficient (Wildman–Crippen LogP) is 5.41. The van der Waals surface area contributed by atoms with E-state index in [0.29, 0.717) is 5.92 Å². The molecule has 1 fully saturated rings. The van der Waals surface area contributed by atoms with Gasteiger partial charge in [-0.3, -0.25) is 4.79 Å². The molecular weight excluding hydrogens is 256 g/mol. The van der Waals surface area contributed by atoms with Crippen LogP contribution in [0.1, 0.15) is 55.7 Å². The van der Waals surface area contributed by atoms with Crippen LogP contribution in [0.25, 0.3) is 5.57 Å². The summed E-state index contributed by atoms with van der Waals surface area (Å²) in [4.78, 5) is 11.2. The van der Waals surface area contributed by atoms with E-state index >= 15 is 0 Å². The van der Waals surface area contributed by atoms with E-state index in [1.54, 1.807) is 0 Å². The number of allylic oxidation sites excluding steroid dienone is 3. The first kappa shape index (κ1) is 15.8. The zero-order valence-corrected chi connectivity index (χ0v) is 13.5. The molecule has 0 bridgehead atoms. The lowest BCUT2D eigenvalue weighted by molar-refractivity contribution is -0.104. The molecule has 2 rings (SSSR count). The van der Waals surface area contributed by atoms with Gasteiger partial charge in [0.1, 0.15) is 6.29 Å². The van der Waals surface area contributed by atoms with Crippen molar-refractivity contribution in [2.24, 2.45) is 5.92 Å². The Morgan fingerprint density at radius 1 is 1.24 bits per heavy atom. The molecule has 0 aromatic heterocycles. The number of aryl methyl sites for hydroxylation is 2. The van der Waals surface area contributed by atoms with Gasteiger partial charge in [0, 0.05) is 0 Å². The minimum Gasteiger partial charge on any atom is -0.298 e. The van der Waals surface area contributed by atoms with E-state index in [0.717, 1.165) is 23.9 Å². The first-order chi connectivity index (χ1) is 10.0. The summed E-state index contributed by atoms with van der Waals surface area (Å²) >= 11 is 0. The highest BCUT2D eigenvalue weighted by atomic mass is 16.1. The van der Waals surface area contributed by atoms with Crippen molar-refractivity contribution in [3.05, 3.63) is 52.6 Å². The fraction of sp³-hybridized carbons (Fsp3) is 0.450. The average Bonchev–Trinajstić information content (AvgIpc) is 3.00. The Bertz CT molecular complexity index is 572. The van der Waals surface area contributed by atoms with Crippen LogP contribution in [0.5, 0.6) is 0 Å². The van der Waals surface area contributed by atoms with Gasteiger partial charge in [-0.1, -0.05) is 43.2 Å². The van der Waals surface area contributed by atoms with Gasteiger partial charge in [0.15, 0.2) is 0 Å². The van der Waals surface area contributed by atoms with E-state index in [4.69, 9.17) is 0 Å². The number of carbonyl (C=O) groups is 1. The van der Waals surface area contributed by atoms with Crippen LogP contribution in [-0.4, -0.2) is 6.29 Å². The lowest BCUT2D eigenvalue weighted by Gasteiger charge is -2.18. The molecule has 0 heterocycles. The Morgan fingerprint density at radius 3 is 2.48 bits per heavy atom. The van der Waals surface area contributed by atoms with Crippen LogP contribution < -0.4 is 0 Å². The number of benzene rings is 1. The summed E-state index contributed by atoms with van der Waals surface area (Å²) in [5.41, 5.74) is 7.15. The van der Waals surface area contributed by atoms with Gasteiger partial charge in [0.25, 0.3) is 0 Å². The molecular formula is C20H26O. The molecule has 1 aliphatic carbocycles. The molecule has 1 nitrogen and oxygen atoms in total. The molecule has 0 aliphatic heterocycles. The van der Waals surface area contributed by atoms with E-state index in [1.807, 2.05) is 6.92 Å². The maximum absolute atomic E-state index is 11.2. The van der Waals surface area contributed by atoms with Gasteiger partial charge in [-0.05, 0) is 73.8 Å². The fourth-order valence-electron chi connectivity index (χ4n) is 3.25. The van der Waals surface area contributed by atoms with Crippen molar-refractivity contribution < 1.29 is 4.79 Å². The third-order valence-corrected chi connectivity index (χ3v) is 4.85. The molecule has 21 heavy (non-hydrogen) atoms. The van der Waals surface area contributed by atoms with Crippen molar-refractivity contribution in [3.8, 4) is 0 Å². The van der Waals surface area contributed by atoms with Crippen molar-refractivity contribution in [2.75, 3.05) is 0 Å². The number of rotatable bonds is 5. The van der Waals surface area contributed by atoms with Crippen LogP contribution in [0, 0.1) is 19.8 Å². The molecule has 1 aromatic rings. The standard InChI is InChI=1S/C20H26O/c1-14-9-10-19(11-15(14)2)16(3)12-20(17(4)13-21)18-7-5-6-8-18/h9-11,13,18H,3,5-8,12H2,1-2,4H3/b20-17-. The molecule has 0 N–H and O–H groups in total. The van der Waals surface area contributed by atoms with Crippen LogP contribution >= 0.6 is 0 Å². The number of aldehydes is 1. The Balaban J connectivity index is 2.21. The van der Waals surface area contributed by atoms with E-state index in [1.165, 1.54) is 47.9 Å². The average molecular weight is 282 g/mol. The zero-order valence-electron chi connectivity index (χ0n) is 13.5. The third-order valence-electron chi connectivity index (χ3n) is 4.85. The largest absolute Gasteiger partial charge is 0.298 e. The highest BCUT2D eigenvalue weighted by molar-refractivity contribution is 5.76. The quantitative estimate of drug-likeness (QED) is 0.521. The Hall–Kier alpha value is -1.63. The highest BCUT2D eigenvalue weighted by Gasteiger charge is 2.21. The minimum atomic E-state index is 0.582. The summed E-state index contributed by atoms with van der Waals surface area (Å²) in [7, 11) is 0. The van der Waals surface area contributed by atoms with Gasteiger partial charge in [0.05, 0.1) is 0 Å². The third kappa shape index (κ3) is 3.72. The molecule has 0 radical (unpaired) electrons. The Kier molecular flexibility index (Phi) is 5.17. The van der Waals surface area contributed by atoms with E-state index in [2.05, 4.69) is 38.6 Å². The van der Waals surface area contributed by atoms with Gasteiger partial charge in [-0.25, -0.2) is 0 Å². The molecule has 1 aromatic carbocycles. The summed E-state index contributed by atoms with van der Waals surface area (Å²) in [6, 6.07) is 6.51. The van der Waals surface area contributed by atoms with Crippen molar-refractivity contribution in [3.63, 3.8) is 0 Å². The van der Waals surface area contributed by atoms with E-state index < -0.39 is 0 Å². The van der Waals surface area contributed by atoms with Crippen molar-refractivity contribution in [1.29, 1.82) is 0 Å². The maximum Gasteiger partial charge on any atom is 0.145 e. The van der Waals surface area contributed by atoms with Crippen molar-refractivity contribution in [1.82, 2.24) is 0 Å². The molecule has 0 unspecified atom stereocenters. The normalized spacial score (nSPS) is 16.7. The highest BCUT2D eigenvalue weighted by Crippen LogP contribution is 2.37. The van der Waals surface area contributed by atoms with Gasteiger partial charge < -0.3 is 0 Å². The summed E-state index contributed by atoms with van der Waals surface area (Å²) in [6.07, 6.45) is 6.87. The molecule has 1 saturated carbocycles. The summed E-state index contributed by atoms with van der Waals surface area (Å²) < 4.78 is 0. The molecule has 0 saturated heterocycles. The summed E-state index contributed by atoms with van der Waals surface area (Å²) in [6.45, 7) is 10.5. The molecule has 1 heteroatoms. The molecule has 0 atom stereocenters. The summed E-state index contributed by atoms with van der Waals surface area (Å²) in [5, 5.41) is 0. The zero-order chi connectivity index (χ0) is 15.4.